The SMILES string of the molecule is CSc1ccc(CN(C)C(=O)c2sc3nc(C4CC4)nc(C)c3c2C)cc1. The quantitative estimate of drug-likeness (QED) is 0.557. The molecule has 6 heteroatoms. The first-order valence-corrected chi connectivity index (χ1v) is 11.2. The van der Waals surface area contributed by atoms with Crippen LogP contribution in [-0.2, 0) is 6.54 Å². The highest BCUT2D eigenvalue weighted by atomic mass is 32.2. The van der Waals surface area contributed by atoms with Gasteiger partial charge in [-0.2, -0.15) is 0 Å². The summed E-state index contributed by atoms with van der Waals surface area (Å²) in [4.78, 5) is 27.3. The summed E-state index contributed by atoms with van der Waals surface area (Å²) < 4.78 is 0. The normalized spacial score (nSPS) is 13.9. The number of fused-ring (bicyclic) bond motifs is 1. The fourth-order valence-electron chi connectivity index (χ4n) is 3.34. The van der Waals surface area contributed by atoms with Gasteiger partial charge in [-0.05, 0) is 56.2 Å². The van der Waals surface area contributed by atoms with Crippen LogP contribution in [0.1, 0.15) is 51.1 Å². The number of hydrogen-bond donors (Lipinski definition) is 0. The van der Waals surface area contributed by atoms with E-state index in [0.717, 1.165) is 37.7 Å². The van der Waals surface area contributed by atoms with Crippen LogP contribution in [-0.4, -0.2) is 34.1 Å². The number of benzene rings is 1. The average molecular weight is 398 g/mol. The maximum Gasteiger partial charge on any atom is 0.264 e. The first-order chi connectivity index (χ1) is 13.0. The lowest BCUT2D eigenvalue weighted by atomic mass is 10.1. The molecule has 0 bridgehead atoms. The second-order valence-corrected chi connectivity index (χ2v) is 9.07. The highest BCUT2D eigenvalue weighted by Gasteiger charge is 2.29. The van der Waals surface area contributed by atoms with Crippen molar-refractivity contribution in [2.75, 3.05) is 13.3 Å². The monoisotopic (exact) mass is 397 g/mol. The fraction of sp³-hybridized carbons (Fsp3) is 0.381. The minimum atomic E-state index is 0.0526. The molecule has 3 aromatic rings. The first kappa shape index (κ1) is 18.4. The zero-order chi connectivity index (χ0) is 19.1. The van der Waals surface area contributed by atoms with Crippen LogP contribution >= 0.6 is 23.1 Å². The molecule has 0 saturated heterocycles. The Morgan fingerprint density at radius 3 is 2.56 bits per heavy atom. The molecule has 0 spiro atoms. The number of thiophene rings is 1. The summed E-state index contributed by atoms with van der Waals surface area (Å²) in [5, 5.41) is 1.05. The fourth-order valence-corrected chi connectivity index (χ4v) is 4.98. The van der Waals surface area contributed by atoms with Crippen molar-refractivity contribution in [1.82, 2.24) is 14.9 Å². The van der Waals surface area contributed by atoms with Gasteiger partial charge in [0, 0.05) is 29.8 Å². The van der Waals surface area contributed by atoms with Gasteiger partial charge < -0.3 is 4.90 Å². The van der Waals surface area contributed by atoms with Gasteiger partial charge in [0.1, 0.15) is 10.7 Å². The number of carbonyl (C=O) groups excluding carboxylic acids is 1. The Bertz CT molecular complexity index is 1010. The van der Waals surface area contributed by atoms with Crippen molar-refractivity contribution in [3.63, 3.8) is 0 Å². The summed E-state index contributed by atoms with van der Waals surface area (Å²) >= 11 is 3.23. The van der Waals surface area contributed by atoms with Crippen LogP contribution in [0, 0.1) is 13.8 Å². The molecule has 0 radical (unpaired) electrons. The lowest BCUT2D eigenvalue weighted by molar-refractivity contribution is 0.0789. The number of aryl methyl sites for hydroxylation is 2. The summed E-state index contributed by atoms with van der Waals surface area (Å²) in [6, 6.07) is 8.37. The maximum absolute atomic E-state index is 13.1. The standard InChI is InChI=1S/C21H23N3OS2/c1-12-17-13(2)22-19(15-7-8-15)23-20(17)27-18(12)21(25)24(3)11-14-5-9-16(26-4)10-6-14/h5-6,9-10,15H,7-8,11H2,1-4H3. The van der Waals surface area contributed by atoms with Gasteiger partial charge in [-0.15, -0.1) is 23.1 Å². The smallest absolute Gasteiger partial charge is 0.264 e. The van der Waals surface area contributed by atoms with Crippen molar-refractivity contribution in [2.45, 2.75) is 44.0 Å². The van der Waals surface area contributed by atoms with E-state index in [0.29, 0.717) is 12.5 Å². The zero-order valence-corrected chi connectivity index (χ0v) is 17.7. The number of rotatable bonds is 5. The molecule has 1 aliphatic rings. The molecule has 1 amide bonds. The third-order valence-corrected chi connectivity index (χ3v) is 6.97. The molecule has 1 aliphatic carbocycles. The molecule has 2 heterocycles. The molecular formula is C21H23N3OS2. The van der Waals surface area contributed by atoms with Gasteiger partial charge in [0.25, 0.3) is 5.91 Å². The van der Waals surface area contributed by atoms with Crippen LogP contribution in [0.4, 0.5) is 0 Å². The molecule has 4 nitrogen and oxygen atoms in total. The minimum absolute atomic E-state index is 0.0526. The summed E-state index contributed by atoms with van der Waals surface area (Å²) in [5.74, 6) is 1.51. The Balaban J connectivity index is 1.61. The number of aromatic nitrogens is 2. The Labute approximate surface area is 168 Å². The van der Waals surface area contributed by atoms with Gasteiger partial charge in [-0.3, -0.25) is 4.79 Å². The van der Waals surface area contributed by atoms with E-state index < -0.39 is 0 Å². The molecule has 1 aromatic carbocycles. The predicted molar refractivity (Wildman–Crippen MR) is 113 cm³/mol. The Morgan fingerprint density at radius 1 is 1.22 bits per heavy atom. The van der Waals surface area contributed by atoms with Crippen LogP contribution < -0.4 is 0 Å². The van der Waals surface area contributed by atoms with Gasteiger partial charge in [-0.25, -0.2) is 9.97 Å². The van der Waals surface area contributed by atoms with Gasteiger partial charge in [-0.1, -0.05) is 12.1 Å². The largest absolute Gasteiger partial charge is 0.337 e. The van der Waals surface area contributed by atoms with E-state index in [-0.39, 0.29) is 5.91 Å². The molecule has 2 aromatic heterocycles. The van der Waals surface area contributed by atoms with E-state index >= 15 is 0 Å². The number of nitrogens with zero attached hydrogens (tertiary/aromatic N) is 3. The van der Waals surface area contributed by atoms with Gasteiger partial charge >= 0.3 is 0 Å². The third kappa shape index (κ3) is 3.60. The van der Waals surface area contributed by atoms with Crippen LogP contribution in [0.3, 0.4) is 0 Å². The van der Waals surface area contributed by atoms with E-state index in [1.54, 1.807) is 16.7 Å². The molecule has 0 unspecified atom stereocenters. The molecule has 0 atom stereocenters. The van der Waals surface area contributed by atoms with Gasteiger partial charge in [0.2, 0.25) is 0 Å². The predicted octanol–water partition coefficient (Wildman–Crippen LogP) is 5.18. The van der Waals surface area contributed by atoms with Crippen molar-refractivity contribution in [2.24, 2.45) is 0 Å². The average Bonchev–Trinajstić information content (AvgIpc) is 3.45. The van der Waals surface area contributed by atoms with E-state index in [1.165, 1.54) is 29.1 Å². The zero-order valence-electron chi connectivity index (χ0n) is 16.1. The maximum atomic E-state index is 13.1. The highest BCUT2D eigenvalue weighted by Crippen LogP contribution is 2.40. The lowest BCUT2D eigenvalue weighted by Crippen LogP contribution is -2.25. The van der Waals surface area contributed by atoms with Crippen molar-refractivity contribution in [3.8, 4) is 0 Å². The topological polar surface area (TPSA) is 46.1 Å². The number of hydrogen-bond acceptors (Lipinski definition) is 5. The second-order valence-electron chi connectivity index (χ2n) is 7.19. The van der Waals surface area contributed by atoms with Gasteiger partial charge in [0.15, 0.2) is 0 Å². The second kappa shape index (κ2) is 7.24. The van der Waals surface area contributed by atoms with Crippen molar-refractivity contribution < 1.29 is 4.79 Å². The Morgan fingerprint density at radius 2 is 1.93 bits per heavy atom. The minimum Gasteiger partial charge on any atom is -0.337 e. The molecule has 0 N–H and O–H groups in total. The van der Waals surface area contributed by atoms with E-state index in [2.05, 4.69) is 30.5 Å². The number of carbonyl (C=O) groups is 1. The van der Waals surface area contributed by atoms with Crippen molar-refractivity contribution in [3.05, 3.63) is 51.8 Å². The van der Waals surface area contributed by atoms with Crippen molar-refractivity contribution >= 4 is 39.2 Å². The molecule has 140 valence electrons. The molecule has 4 rings (SSSR count). The first-order valence-electron chi connectivity index (χ1n) is 9.14. The van der Waals surface area contributed by atoms with E-state index in [4.69, 9.17) is 9.97 Å². The van der Waals surface area contributed by atoms with Crippen LogP contribution in [0.5, 0.6) is 0 Å². The van der Waals surface area contributed by atoms with E-state index in [1.807, 2.05) is 20.9 Å². The summed E-state index contributed by atoms with van der Waals surface area (Å²) in [5.41, 5.74) is 3.13. The van der Waals surface area contributed by atoms with Crippen molar-refractivity contribution in [1.29, 1.82) is 0 Å². The molecule has 1 saturated carbocycles. The highest BCUT2D eigenvalue weighted by molar-refractivity contribution is 7.98. The lowest BCUT2D eigenvalue weighted by Gasteiger charge is -2.17. The number of amides is 1. The summed E-state index contributed by atoms with van der Waals surface area (Å²) in [7, 11) is 1.86. The van der Waals surface area contributed by atoms with E-state index in [9.17, 15) is 4.79 Å². The van der Waals surface area contributed by atoms with Crippen LogP contribution in [0.25, 0.3) is 10.2 Å². The summed E-state index contributed by atoms with van der Waals surface area (Å²) in [6.45, 7) is 4.64. The molecule has 1 fully saturated rings. The third-order valence-electron chi connectivity index (χ3n) is 5.05. The molecule has 0 aliphatic heterocycles. The Kier molecular flexibility index (Phi) is 4.95. The Hall–Kier alpha value is -1.92. The number of thioether (sulfide) groups is 1. The van der Waals surface area contributed by atoms with Gasteiger partial charge in [0.05, 0.1) is 10.6 Å². The molecular weight excluding hydrogens is 374 g/mol. The van der Waals surface area contributed by atoms with Crippen LogP contribution in [0.2, 0.25) is 0 Å². The van der Waals surface area contributed by atoms with Crippen LogP contribution in [0.15, 0.2) is 29.2 Å². The molecule has 27 heavy (non-hydrogen) atoms. The summed E-state index contributed by atoms with van der Waals surface area (Å²) in [6.07, 6.45) is 4.42.